The summed E-state index contributed by atoms with van der Waals surface area (Å²) >= 11 is 1.85. The Morgan fingerprint density at radius 3 is 1.60 bits per heavy atom. The highest BCUT2D eigenvalue weighted by Crippen LogP contribution is 2.42. The van der Waals surface area contributed by atoms with Gasteiger partial charge in [-0.3, -0.25) is 0 Å². The summed E-state index contributed by atoms with van der Waals surface area (Å²) in [6, 6.07) is 51.7. The molecule has 2 heterocycles. The summed E-state index contributed by atoms with van der Waals surface area (Å²) in [7, 11) is 0. The maximum Gasteiger partial charge on any atom is 0.0979 e. The van der Waals surface area contributed by atoms with Crippen molar-refractivity contribution in [2.45, 2.75) is 0 Å². The molecule has 0 saturated carbocycles. The molecule has 0 aliphatic rings. The van der Waals surface area contributed by atoms with Gasteiger partial charge in [-0.1, -0.05) is 127 Å². The van der Waals surface area contributed by atoms with Crippen molar-refractivity contribution in [3.05, 3.63) is 146 Å². The van der Waals surface area contributed by atoms with Gasteiger partial charge in [-0.15, -0.1) is 11.3 Å². The zero-order valence-corrected chi connectivity index (χ0v) is 24.0. The first-order valence-corrected chi connectivity index (χ1v) is 15.3. The Kier molecular flexibility index (Phi) is 5.40. The molecule has 0 aliphatic heterocycles. The Balaban J connectivity index is 1.38. The van der Waals surface area contributed by atoms with Crippen molar-refractivity contribution in [2.75, 3.05) is 0 Å². The second-order valence-electron chi connectivity index (χ2n) is 10.9. The van der Waals surface area contributed by atoms with Gasteiger partial charge in [0.2, 0.25) is 0 Å². The van der Waals surface area contributed by atoms with E-state index >= 15 is 0 Å². The van der Waals surface area contributed by atoms with E-state index in [0.29, 0.717) is 0 Å². The van der Waals surface area contributed by atoms with Gasteiger partial charge < -0.3 is 0 Å². The van der Waals surface area contributed by atoms with Crippen LogP contribution in [0.1, 0.15) is 0 Å². The molecule has 2 aromatic heterocycles. The molecule has 7 aromatic carbocycles. The molecule has 0 N–H and O–H groups in total. The Morgan fingerprint density at radius 2 is 0.884 bits per heavy atom. The Morgan fingerprint density at radius 1 is 0.349 bits per heavy atom. The van der Waals surface area contributed by atoms with Crippen molar-refractivity contribution < 1.29 is 0 Å². The molecule has 0 aliphatic carbocycles. The van der Waals surface area contributed by atoms with E-state index in [4.69, 9.17) is 9.97 Å². The Labute approximate surface area is 252 Å². The molecule has 3 heteroatoms. The van der Waals surface area contributed by atoms with Crippen LogP contribution in [-0.2, 0) is 0 Å². The standard InChI is InChI=1S/C40H24N2S/c1-2-12-25(13-3-1)37-38(42-40-33-20-9-6-16-29(33)28-15-5-8-19-32(28)39(40)41-37)31-18-7-4-14-27(31)26-22-23-36-34(24-26)30-17-10-11-21-35(30)43-36/h1-24H. The Hall–Kier alpha value is -5.38. The predicted molar refractivity (Wildman–Crippen MR) is 184 cm³/mol. The molecule has 200 valence electrons. The first-order valence-electron chi connectivity index (χ1n) is 14.5. The van der Waals surface area contributed by atoms with Gasteiger partial charge in [-0.05, 0) is 40.1 Å². The highest BCUT2D eigenvalue weighted by Gasteiger charge is 2.20. The molecular weight excluding hydrogens is 541 g/mol. The molecule has 0 atom stereocenters. The fourth-order valence-electron chi connectivity index (χ4n) is 6.48. The van der Waals surface area contributed by atoms with Crippen molar-refractivity contribution in [2.24, 2.45) is 0 Å². The van der Waals surface area contributed by atoms with Crippen LogP contribution in [0.4, 0.5) is 0 Å². The van der Waals surface area contributed by atoms with Crippen LogP contribution in [-0.4, -0.2) is 9.97 Å². The number of hydrogen-bond donors (Lipinski definition) is 0. The van der Waals surface area contributed by atoms with E-state index in [1.54, 1.807) is 0 Å². The third-order valence-electron chi connectivity index (χ3n) is 8.47. The van der Waals surface area contributed by atoms with E-state index in [-0.39, 0.29) is 0 Å². The summed E-state index contributed by atoms with van der Waals surface area (Å²) in [4.78, 5) is 11.0. The second-order valence-corrected chi connectivity index (χ2v) is 12.0. The van der Waals surface area contributed by atoms with Crippen LogP contribution in [0, 0.1) is 0 Å². The smallest absolute Gasteiger partial charge is 0.0979 e. The minimum Gasteiger partial charge on any atom is -0.243 e. The number of thiophene rings is 1. The lowest BCUT2D eigenvalue weighted by molar-refractivity contribution is 1.31. The van der Waals surface area contributed by atoms with E-state index in [2.05, 4.69) is 146 Å². The number of rotatable bonds is 3. The summed E-state index contributed by atoms with van der Waals surface area (Å²) < 4.78 is 2.62. The van der Waals surface area contributed by atoms with Gasteiger partial charge in [0.05, 0.1) is 22.4 Å². The van der Waals surface area contributed by atoms with Crippen molar-refractivity contribution in [1.29, 1.82) is 0 Å². The average Bonchev–Trinajstić information content (AvgIpc) is 3.46. The van der Waals surface area contributed by atoms with Crippen LogP contribution in [0.3, 0.4) is 0 Å². The van der Waals surface area contributed by atoms with Crippen LogP contribution in [0.2, 0.25) is 0 Å². The van der Waals surface area contributed by atoms with Gasteiger partial charge in [0, 0.05) is 42.1 Å². The first-order chi connectivity index (χ1) is 21.3. The van der Waals surface area contributed by atoms with E-state index < -0.39 is 0 Å². The van der Waals surface area contributed by atoms with E-state index in [0.717, 1.165) is 49.9 Å². The van der Waals surface area contributed by atoms with Crippen LogP contribution in [0.5, 0.6) is 0 Å². The molecule has 9 aromatic rings. The molecule has 0 spiro atoms. The molecule has 0 saturated heterocycles. The maximum atomic E-state index is 5.53. The maximum absolute atomic E-state index is 5.53. The molecule has 0 radical (unpaired) electrons. The minimum absolute atomic E-state index is 0.892. The highest BCUT2D eigenvalue weighted by molar-refractivity contribution is 7.25. The summed E-state index contributed by atoms with van der Waals surface area (Å²) in [5.41, 5.74) is 8.10. The average molecular weight is 565 g/mol. The van der Waals surface area contributed by atoms with E-state index in [1.807, 2.05) is 11.3 Å². The molecule has 0 amide bonds. The van der Waals surface area contributed by atoms with Crippen molar-refractivity contribution in [1.82, 2.24) is 9.97 Å². The summed E-state index contributed by atoms with van der Waals surface area (Å²) in [5, 5.41) is 7.22. The topological polar surface area (TPSA) is 25.8 Å². The van der Waals surface area contributed by atoms with Gasteiger partial charge in [0.25, 0.3) is 0 Å². The quantitative estimate of drug-likeness (QED) is 0.199. The van der Waals surface area contributed by atoms with Crippen molar-refractivity contribution in [3.63, 3.8) is 0 Å². The number of hydrogen-bond acceptors (Lipinski definition) is 3. The molecular formula is C40H24N2S. The first kappa shape index (κ1) is 24.2. The molecule has 0 bridgehead atoms. The molecule has 9 rings (SSSR count). The third-order valence-corrected chi connectivity index (χ3v) is 9.62. The lowest BCUT2D eigenvalue weighted by Crippen LogP contribution is -1.98. The second kappa shape index (κ2) is 9.59. The van der Waals surface area contributed by atoms with Gasteiger partial charge in [0.1, 0.15) is 0 Å². The SMILES string of the molecule is c1ccc(-c2nc3c4ccccc4c4ccccc4c3nc2-c2ccccc2-c2ccc3sc4ccccc4c3c2)cc1. The number of fused-ring (bicyclic) bond motifs is 9. The lowest BCUT2D eigenvalue weighted by Gasteiger charge is -2.16. The third kappa shape index (κ3) is 3.79. The molecule has 43 heavy (non-hydrogen) atoms. The van der Waals surface area contributed by atoms with E-state index in [9.17, 15) is 0 Å². The zero-order valence-electron chi connectivity index (χ0n) is 23.2. The van der Waals surface area contributed by atoms with Gasteiger partial charge in [-0.2, -0.15) is 0 Å². The van der Waals surface area contributed by atoms with Crippen molar-refractivity contribution >= 4 is 64.1 Å². The lowest BCUT2D eigenvalue weighted by atomic mass is 9.93. The number of nitrogens with zero attached hydrogens (tertiary/aromatic N) is 2. The fraction of sp³-hybridized carbons (Fsp3) is 0. The predicted octanol–water partition coefficient (Wildman–Crippen LogP) is 11.3. The molecule has 0 unspecified atom stereocenters. The van der Waals surface area contributed by atoms with Crippen LogP contribution < -0.4 is 0 Å². The van der Waals surface area contributed by atoms with Crippen LogP contribution >= 0.6 is 11.3 Å². The summed E-state index contributed by atoms with van der Waals surface area (Å²) in [6.45, 7) is 0. The minimum atomic E-state index is 0.892. The highest BCUT2D eigenvalue weighted by atomic mass is 32.1. The van der Waals surface area contributed by atoms with Crippen molar-refractivity contribution in [3.8, 4) is 33.6 Å². The zero-order chi connectivity index (χ0) is 28.3. The molecule has 0 fully saturated rings. The van der Waals surface area contributed by atoms with Crippen LogP contribution in [0.25, 0.3) is 86.4 Å². The van der Waals surface area contributed by atoms with Gasteiger partial charge in [-0.25, -0.2) is 9.97 Å². The normalized spacial score (nSPS) is 11.7. The monoisotopic (exact) mass is 564 g/mol. The van der Waals surface area contributed by atoms with Crippen LogP contribution in [0.15, 0.2) is 146 Å². The van der Waals surface area contributed by atoms with Gasteiger partial charge in [0.15, 0.2) is 0 Å². The number of benzene rings is 7. The largest absolute Gasteiger partial charge is 0.243 e. The molecule has 2 nitrogen and oxygen atoms in total. The van der Waals surface area contributed by atoms with E-state index in [1.165, 1.54) is 36.5 Å². The summed E-state index contributed by atoms with van der Waals surface area (Å²) in [5.74, 6) is 0. The number of aromatic nitrogens is 2. The van der Waals surface area contributed by atoms with Gasteiger partial charge >= 0.3 is 0 Å². The summed E-state index contributed by atoms with van der Waals surface area (Å²) in [6.07, 6.45) is 0. The fourth-order valence-corrected chi connectivity index (χ4v) is 7.57. The Bertz CT molecular complexity index is 2510.